The van der Waals surface area contributed by atoms with Crippen molar-refractivity contribution in [1.29, 1.82) is 0 Å². The smallest absolute Gasteiger partial charge is 0.220 e. The molecule has 1 amide bonds. The van der Waals surface area contributed by atoms with E-state index in [1.807, 2.05) is 66.9 Å². The summed E-state index contributed by atoms with van der Waals surface area (Å²) in [6.07, 6.45) is 6.09. The van der Waals surface area contributed by atoms with Crippen molar-refractivity contribution >= 4 is 5.91 Å². The first-order valence-corrected chi connectivity index (χ1v) is 9.14. The number of amides is 1. The first-order valence-electron chi connectivity index (χ1n) is 9.14. The molecule has 0 radical (unpaired) electrons. The Labute approximate surface area is 162 Å². The van der Waals surface area contributed by atoms with Gasteiger partial charge in [-0.3, -0.25) is 4.79 Å². The molecule has 140 valence electrons. The van der Waals surface area contributed by atoms with Crippen LogP contribution in [0.2, 0.25) is 0 Å². The lowest BCUT2D eigenvalue weighted by atomic mass is 10.1. The minimum absolute atomic E-state index is 0.0465. The lowest BCUT2D eigenvalue weighted by Gasteiger charge is -2.10. The van der Waals surface area contributed by atoms with Gasteiger partial charge < -0.3 is 9.73 Å². The number of carbonyl (C=O) groups excluding carboxylic acids is 1. The van der Waals surface area contributed by atoms with E-state index in [0.29, 0.717) is 31.0 Å². The predicted molar refractivity (Wildman–Crippen MR) is 106 cm³/mol. The largest absolute Gasteiger partial charge is 0.441 e. The molecule has 2 aromatic heterocycles. The van der Waals surface area contributed by atoms with Gasteiger partial charge in [0.1, 0.15) is 0 Å². The van der Waals surface area contributed by atoms with Gasteiger partial charge in [-0.2, -0.15) is 5.10 Å². The number of aromatic nitrogens is 3. The van der Waals surface area contributed by atoms with Crippen molar-refractivity contribution in [2.75, 3.05) is 0 Å². The van der Waals surface area contributed by atoms with Crippen LogP contribution >= 0.6 is 0 Å². The Morgan fingerprint density at radius 3 is 2.68 bits per heavy atom. The highest BCUT2D eigenvalue weighted by atomic mass is 16.4. The quantitative estimate of drug-likeness (QED) is 0.536. The standard InChI is InChI=1S/C22H20N4O2/c27-21(11-12-22-24-16-20(28-22)17-7-2-1-3-8-17)23-15-18-9-4-5-10-19(18)26-14-6-13-25-26/h1-10,13-14,16H,11-12,15H2,(H,23,27). The van der Waals surface area contributed by atoms with Crippen LogP contribution in [0.15, 0.2) is 83.7 Å². The fraction of sp³-hybridized carbons (Fsp3) is 0.136. The maximum absolute atomic E-state index is 12.3. The Morgan fingerprint density at radius 1 is 1.04 bits per heavy atom. The van der Waals surface area contributed by atoms with Crippen molar-refractivity contribution in [2.24, 2.45) is 0 Å². The van der Waals surface area contributed by atoms with Crippen LogP contribution < -0.4 is 5.32 Å². The van der Waals surface area contributed by atoms with E-state index < -0.39 is 0 Å². The molecule has 0 fully saturated rings. The van der Waals surface area contributed by atoms with Crippen LogP contribution in [-0.4, -0.2) is 20.7 Å². The topological polar surface area (TPSA) is 73.0 Å². The predicted octanol–water partition coefficient (Wildman–Crippen LogP) is 3.78. The zero-order valence-corrected chi connectivity index (χ0v) is 15.3. The summed E-state index contributed by atoms with van der Waals surface area (Å²) < 4.78 is 7.54. The third kappa shape index (κ3) is 4.17. The molecule has 0 aliphatic carbocycles. The molecular formula is C22H20N4O2. The minimum Gasteiger partial charge on any atom is -0.441 e. The lowest BCUT2D eigenvalue weighted by Crippen LogP contribution is -2.23. The average molecular weight is 372 g/mol. The summed E-state index contributed by atoms with van der Waals surface area (Å²) in [6, 6.07) is 19.5. The number of benzene rings is 2. The Kier molecular flexibility index (Phi) is 5.29. The van der Waals surface area contributed by atoms with Gasteiger partial charge in [0.15, 0.2) is 11.7 Å². The van der Waals surface area contributed by atoms with Gasteiger partial charge >= 0.3 is 0 Å². The number of nitrogens with one attached hydrogen (secondary N) is 1. The summed E-state index contributed by atoms with van der Waals surface area (Å²) in [7, 11) is 0. The van der Waals surface area contributed by atoms with Crippen LogP contribution in [0.3, 0.4) is 0 Å². The van der Waals surface area contributed by atoms with E-state index >= 15 is 0 Å². The average Bonchev–Trinajstić information content (AvgIpc) is 3.44. The molecule has 0 atom stereocenters. The molecule has 1 N–H and O–H groups in total. The van der Waals surface area contributed by atoms with Crippen molar-refractivity contribution < 1.29 is 9.21 Å². The molecule has 6 heteroatoms. The maximum Gasteiger partial charge on any atom is 0.220 e. The second-order valence-electron chi connectivity index (χ2n) is 6.34. The van der Waals surface area contributed by atoms with Crippen LogP contribution in [0, 0.1) is 0 Å². The molecule has 0 saturated carbocycles. The zero-order chi connectivity index (χ0) is 19.2. The summed E-state index contributed by atoms with van der Waals surface area (Å²) in [6.45, 7) is 0.440. The van der Waals surface area contributed by atoms with Crippen LogP contribution in [-0.2, 0) is 17.8 Å². The summed E-state index contributed by atoms with van der Waals surface area (Å²) in [5.41, 5.74) is 2.93. The normalized spacial score (nSPS) is 10.7. The number of oxazole rings is 1. The first kappa shape index (κ1) is 17.7. The van der Waals surface area contributed by atoms with Gasteiger partial charge in [-0.05, 0) is 17.7 Å². The monoisotopic (exact) mass is 372 g/mol. The molecular weight excluding hydrogens is 352 g/mol. The van der Waals surface area contributed by atoms with Crippen molar-refractivity contribution in [3.8, 4) is 17.0 Å². The molecule has 0 bridgehead atoms. The van der Waals surface area contributed by atoms with Gasteiger partial charge in [-0.15, -0.1) is 0 Å². The zero-order valence-electron chi connectivity index (χ0n) is 15.3. The van der Waals surface area contributed by atoms with Gasteiger partial charge in [-0.1, -0.05) is 48.5 Å². The molecule has 0 spiro atoms. The fourth-order valence-electron chi connectivity index (χ4n) is 2.96. The van der Waals surface area contributed by atoms with Crippen molar-refractivity contribution in [2.45, 2.75) is 19.4 Å². The Balaban J connectivity index is 1.32. The highest BCUT2D eigenvalue weighted by Gasteiger charge is 2.10. The number of carbonyl (C=O) groups is 1. The van der Waals surface area contributed by atoms with Gasteiger partial charge in [0.2, 0.25) is 5.91 Å². The Morgan fingerprint density at radius 2 is 1.86 bits per heavy atom. The Hall–Kier alpha value is -3.67. The molecule has 6 nitrogen and oxygen atoms in total. The first-order chi connectivity index (χ1) is 13.8. The molecule has 0 saturated heterocycles. The Bertz CT molecular complexity index is 1040. The van der Waals surface area contributed by atoms with Crippen LogP contribution in [0.25, 0.3) is 17.0 Å². The number of para-hydroxylation sites is 1. The second kappa shape index (κ2) is 8.35. The highest BCUT2D eigenvalue weighted by molar-refractivity contribution is 5.76. The van der Waals surface area contributed by atoms with E-state index in [-0.39, 0.29) is 5.91 Å². The summed E-state index contributed by atoms with van der Waals surface area (Å²) in [5.74, 6) is 1.23. The lowest BCUT2D eigenvalue weighted by molar-refractivity contribution is -0.121. The van der Waals surface area contributed by atoms with Gasteiger partial charge in [0.25, 0.3) is 0 Å². The van der Waals surface area contributed by atoms with E-state index in [1.54, 1.807) is 17.1 Å². The molecule has 0 unspecified atom stereocenters. The van der Waals surface area contributed by atoms with Crippen molar-refractivity contribution in [1.82, 2.24) is 20.1 Å². The van der Waals surface area contributed by atoms with Crippen molar-refractivity contribution in [3.63, 3.8) is 0 Å². The van der Waals surface area contributed by atoms with Gasteiger partial charge in [0, 0.05) is 37.3 Å². The fourth-order valence-corrected chi connectivity index (χ4v) is 2.96. The summed E-state index contributed by atoms with van der Waals surface area (Å²) in [5, 5.41) is 7.22. The number of rotatable bonds is 7. The molecule has 4 rings (SSSR count). The molecule has 28 heavy (non-hydrogen) atoms. The molecule has 2 heterocycles. The number of hydrogen-bond acceptors (Lipinski definition) is 4. The SMILES string of the molecule is O=C(CCc1ncc(-c2ccccc2)o1)NCc1ccccc1-n1cccn1. The minimum atomic E-state index is -0.0465. The summed E-state index contributed by atoms with van der Waals surface area (Å²) in [4.78, 5) is 16.5. The molecule has 0 aliphatic heterocycles. The van der Waals surface area contributed by atoms with E-state index in [9.17, 15) is 4.79 Å². The maximum atomic E-state index is 12.3. The third-order valence-corrected chi connectivity index (χ3v) is 4.40. The third-order valence-electron chi connectivity index (χ3n) is 4.40. The van der Waals surface area contributed by atoms with Gasteiger partial charge in [-0.25, -0.2) is 9.67 Å². The van der Waals surface area contributed by atoms with E-state index in [2.05, 4.69) is 15.4 Å². The number of nitrogens with zero attached hydrogens (tertiary/aromatic N) is 3. The molecule has 2 aromatic carbocycles. The van der Waals surface area contributed by atoms with E-state index in [4.69, 9.17) is 4.42 Å². The van der Waals surface area contributed by atoms with Crippen LogP contribution in [0.5, 0.6) is 0 Å². The second-order valence-corrected chi connectivity index (χ2v) is 6.34. The number of hydrogen-bond donors (Lipinski definition) is 1. The van der Waals surface area contributed by atoms with E-state index in [0.717, 1.165) is 16.8 Å². The van der Waals surface area contributed by atoms with Crippen LogP contribution in [0.1, 0.15) is 17.9 Å². The molecule has 0 aliphatic rings. The van der Waals surface area contributed by atoms with Crippen molar-refractivity contribution in [3.05, 3.63) is 90.7 Å². The van der Waals surface area contributed by atoms with E-state index in [1.165, 1.54) is 0 Å². The van der Waals surface area contributed by atoms with Crippen LogP contribution in [0.4, 0.5) is 0 Å². The highest BCUT2D eigenvalue weighted by Crippen LogP contribution is 2.20. The molecule has 4 aromatic rings. The van der Waals surface area contributed by atoms with Gasteiger partial charge in [0.05, 0.1) is 11.9 Å². The number of aryl methyl sites for hydroxylation is 1. The summed E-state index contributed by atoms with van der Waals surface area (Å²) >= 11 is 0.